The number of nitrogens with zero attached hydrogens (tertiary/aromatic N) is 2. The number of likely N-dealkylation sites (N-methyl/N-ethyl adjacent to an activating group) is 1. The second kappa shape index (κ2) is 5.27. The van der Waals surface area contributed by atoms with Crippen molar-refractivity contribution in [1.29, 1.82) is 0 Å². The first-order valence-corrected chi connectivity index (χ1v) is 7.53. The minimum Gasteiger partial charge on any atom is -0.395 e. The molecule has 0 bridgehead atoms. The minimum absolute atomic E-state index is 0.157. The van der Waals surface area contributed by atoms with E-state index in [1.165, 1.54) is 30.0 Å². The van der Waals surface area contributed by atoms with Crippen LogP contribution in [-0.2, 0) is 5.41 Å². The molecule has 0 aliphatic carbocycles. The Morgan fingerprint density at radius 2 is 2.22 bits per heavy atom. The van der Waals surface area contributed by atoms with E-state index in [1.54, 1.807) is 11.3 Å². The molecule has 1 aromatic heterocycles. The molecule has 0 radical (unpaired) electrons. The fourth-order valence-electron chi connectivity index (χ4n) is 2.53. The van der Waals surface area contributed by atoms with Gasteiger partial charge in [0.1, 0.15) is 5.01 Å². The number of piperidine rings is 1. The van der Waals surface area contributed by atoms with Crippen LogP contribution in [0.3, 0.4) is 0 Å². The monoisotopic (exact) mass is 268 g/mol. The molecule has 1 unspecified atom stereocenters. The lowest BCUT2D eigenvalue weighted by atomic mass is 9.93. The first-order chi connectivity index (χ1) is 8.44. The highest BCUT2D eigenvalue weighted by Crippen LogP contribution is 2.35. The molecule has 1 atom stereocenters. The molecular formula is C14H24N2OS. The van der Waals surface area contributed by atoms with Crippen LogP contribution in [0.1, 0.15) is 48.2 Å². The molecule has 0 spiro atoms. The molecule has 2 heterocycles. The number of hydrogen-bond acceptors (Lipinski definition) is 4. The van der Waals surface area contributed by atoms with Gasteiger partial charge in [0.05, 0.1) is 12.3 Å². The Morgan fingerprint density at radius 1 is 1.50 bits per heavy atom. The molecule has 2 rings (SSSR count). The highest BCUT2D eigenvalue weighted by atomic mass is 32.1. The van der Waals surface area contributed by atoms with Gasteiger partial charge in [-0.3, -0.25) is 0 Å². The predicted molar refractivity (Wildman–Crippen MR) is 76.4 cm³/mol. The number of rotatable bonds is 3. The van der Waals surface area contributed by atoms with Gasteiger partial charge in [0.15, 0.2) is 0 Å². The zero-order valence-electron chi connectivity index (χ0n) is 11.9. The zero-order valence-corrected chi connectivity index (χ0v) is 12.7. The number of aliphatic hydroxyl groups excluding tert-OH is 1. The van der Waals surface area contributed by atoms with Crippen molar-refractivity contribution in [1.82, 2.24) is 9.88 Å². The van der Waals surface area contributed by atoms with Crippen LogP contribution in [0.4, 0.5) is 0 Å². The van der Waals surface area contributed by atoms with Crippen molar-refractivity contribution in [2.45, 2.75) is 44.9 Å². The molecule has 102 valence electrons. The molecule has 1 aliphatic rings. The van der Waals surface area contributed by atoms with E-state index >= 15 is 0 Å². The quantitative estimate of drug-likeness (QED) is 0.915. The van der Waals surface area contributed by atoms with Crippen molar-refractivity contribution in [3.63, 3.8) is 0 Å². The lowest BCUT2D eigenvalue weighted by Crippen LogP contribution is -2.31. The molecule has 0 saturated carbocycles. The molecule has 1 aromatic rings. The van der Waals surface area contributed by atoms with Crippen LogP contribution in [0.15, 0.2) is 0 Å². The van der Waals surface area contributed by atoms with Crippen molar-refractivity contribution in [2.24, 2.45) is 0 Å². The van der Waals surface area contributed by atoms with E-state index < -0.39 is 0 Å². The maximum atomic E-state index is 9.46. The van der Waals surface area contributed by atoms with Gasteiger partial charge in [-0.15, -0.1) is 11.3 Å². The SMILES string of the molecule is Cc1sc(C(C)(C)CO)nc1C1CCCN(C)C1. The maximum absolute atomic E-state index is 9.46. The van der Waals surface area contributed by atoms with Crippen LogP contribution >= 0.6 is 11.3 Å². The molecule has 0 amide bonds. The van der Waals surface area contributed by atoms with Crippen molar-refractivity contribution < 1.29 is 5.11 Å². The standard InChI is InChI=1S/C14H24N2OS/c1-10-12(11-6-5-7-16(4)8-11)15-13(18-10)14(2,3)9-17/h11,17H,5-9H2,1-4H3. The van der Waals surface area contributed by atoms with E-state index in [9.17, 15) is 5.11 Å². The Labute approximate surface area is 114 Å². The third-order valence-corrected chi connectivity index (χ3v) is 5.17. The van der Waals surface area contributed by atoms with Crippen LogP contribution in [-0.4, -0.2) is 41.7 Å². The zero-order chi connectivity index (χ0) is 13.3. The first kappa shape index (κ1) is 14.0. The van der Waals surface area contributed by atoms with Gasteiger partial charge in [0, 0.05) is 22.8 Å². The number of thiazole rings is 1. The fourth-order valence-corrected chi connectivity index (χ4v) is 3.63. The Balaban J connectivity index is 2.24. The van der Waals surface area contributed by atoms with Gasteiger partial charge >= 0.3 is 0 Å². The molecule has 1 aliphatic heterocycles. The van der Waals surface area contributed by atoms with Crippen molar-refractivity contribution in [2.75, 3.05) is 26.7 Å². The lowest BCUT2D eigenvalue weighted by molar-refractivity contribution is 0.217. The van der Waals surface area contributed by atoms with Crippen LogP contribution < -0.4 is 0 Å². The first-order valence-electron chi connectivity index (χ1n) is 6.71. The van der Waals surface area contributed by atoms with E-state index in [0.29, 0.717) is 5.92 Å². The van der Waals surface area contributed by atoms with Gasteiger partial charge in [-0.1, -0.05) is 13.8 Å². The van der Waals surface area contributed by atoms with Crippen molar-refractivity contribution in [3.8, 4) is 0 Å². The average molecular weight is 268 g/mol. The van der Waals surface area contributed by atoms with E-state index in [1.807, 2.05) is 0 Å². The summed E-state index contributed by atoms with van der Waals surface area (Å²) in [5.74, 6) is 0.572. The van der Waals surface area contributed by atoms with Crippen LogP contribution in [0.25, 0.3) is 0 Å². The Bertz CT molecular complexity index is 414. The topological polar surface area (TPSA) is 36.4 Å². The molecule has 4 heteroatoms. The highest BCUT2D eigenvalue weighted by molar-refractivity contribution is 7.11. The van der Waals surface area contributed by atoms with Crippen LogP contribution in [0.2, 0.25) is 0 Å². The summed E-state index contributed by atoms with van der Waals surface area (Å²) in [4.78, 5) is 8.56. The van der Waals surface area contributed by atoms with Gasteiger partial charge in [0.2, 0.25) is 0 Å². The molecule has 0 aromatic carbocycles. The van der Waals surface area contributed by atoms with E-state index in [0.717, 1.165) is 11.6 Å². The highest BCUT2D eigenvalue weighted by Gasteiger charge is 2.28. The van der Waals surface area contributed by atoms with Gasteiger partial charge in [-0.25, -0.2) is 4.98 Å². The van der Waals surface area contributed by atoms with Crippen molar-refractivity contribution >= 4 is 11.3 Å². The summed E-state index contributed by atoms with van der Waals surface area (Å²) in [6.07, 6.45) is 2.50. The molecule has 3 nitrogen and oxygen atoms in total. The summed E-state index contributed by atoms with van der Waals surface area (Å²) in [5, 5.41) is 10.5. The molecular weight excluding hydrogens is 244 g/mol. The van der Waals surface area contributed by atoms with Gasteiger partial charge in [0.25, 0.3) is 0 Å². The molecule has 1 fully saturated rings. The van der Waals surface area contributed by atoms with E-state index in [-0.39, 0.29) is 12.0 Å². The Hall–Kier alpha value is -0.450. The molecule has 1 saturated heterocycles. The average Bonchev–Trinajstić information content (AvgIpc) is 2.72. The maximum Gasteiger partial charge on any atom is 0.101 e. The number of aromatic nitrogens is 1. The Kier molecular flexibility index (Phi) is 4.09. The van der Waals surface area contributed by atoms with Gasteiger partial charge in [-0.05, 0) is 33.4 Å². The minimum atomic E-state index is -0.214. The summed E-state index contributed by atoms with van der Waals surface area (Å²) in [7, 11) is 2.19. The largest absolute Gasteiger partial charge is 0.395 e. The van der Waals surface area contributed by atoms with Gasteiger partial charge < -0.3 is 10.0 Å². The number of aryl methyl sites for hydroxylation is 1. The molecule has 18 heavy (non-hydrogen) atoms. The second-order valence-electron chi connectivity index (χ2n) is 6.10. The number of aliphatic hydroxyl groups is 1. The molecule has 1 N–H and O–H groups in total. The van der Waals surface area contributed by atoms with Crippen LogP contribution in [0, 0.1) is 6.92 Å². The van der Waals surface area contributed by atoms with Crippen molar-refractivity contribution in [3.05, 3.63) is 15.6 Å². The van der Waals surface area contributed by atoms with E-state index in [2.05, 4.69) is 32.7 Å². The third kappa shape index (κ3) is 2.76. The summed E-state index contributed by atoms with van der Waals surface area (Å²) in [6, 6.07) is 0. The summed E-state index contributed by atoms with van der Waals surface area (Å²) in [5.41, 5.74) is 1.05. The predicted octanol–water partition coefficient (Wildman–Crippen LogP) is 2.53. The lowest BCUT2D eigenvalue weighted by Gasteiger charge is -2.29. The van der Waals surface area contributed by atoms with E-state index in [4.69, 9.17) is 4.98 Å². The summed E-state index contributed by atoms with van der Waals surface area (Å²) in [6.45, 7) is 8.75. The smallest absolute Gasteiger partial charge is 0.101 e. The number of hydrogen-bond donors (Lipinski definition) is 1. The Morgan fingerprint density at radius 3 is 2.83 bits per heavy atom. The van der Waals surface area contributed by atoms with Crippen LogP contribution in [0.5, 0.6) is 0 Å². The normalized spacial score (nSPS) is 22.4. The summed E-state index contributed by atoms with van der Waals surface area (Å²) < 4.78 is 0. The van der Waals surface area contributed by atoms with Gasteiger partial charge in [-0.2, -0.15) is 0 Å². The third-order valence-electron chi connectivity index (χ3n) is 3.82. The number of likely N-dealkylation sites (tertiary alicyclic amines) is 1. The summed E-state index contributed by atoms with van der Waals surface area (Å²) >= 11 is 1.75. The fraction of sp³-hybridized carbons (Fsp3) is 0.786. The second-order valence-corrected chi connectivity index (χ2v) is 7.31.